The molecule has 1 amide bonds. The van der Waals surface area contributed by atoms with Crippen LogP contribution in [0.4, 0.5) is 14.5 Å². The lowest BCUT2D eigenvalue weighted by Gasteiger charge is -2.14. The van der Waals surface area contributed by atoms with Gasteiger partial charge in [0.2, 0.25) is 5.91 Å². The van der Waals surface area contributed by atoms with E-state index in [4.69, 9.17) is 4.74 Å². The number of ether oxygens (including phenoxy) is 1. The summed E-state index contributed by atoms with van der Waals surface area (Å²) in [6.45, 7) is 1.54. The van der Waals surface area contributed by atoms with Gasteiger partial charge < -0.3 is 19.7 Å². The Balaban J connectivity index is 1.60. The van der Waals surface area contributed by atoms with Gasteiger partial charge in [-0.25, -0.2) is 13.8 Å². The lowest BCUT2D eigenvalue weighted by molar-refractivity contribution is -0.114. The highest BCUT2D eigenvalue weighted by Crippen LogP contribution is 2.19. The first kappa shape index (κ1) is 17.8. The van der Waals surface area contributed by atoms with Gasteiger partial charge in [0.1, 0.15) is 18.5 Å². The van der Waals surface area contributed by atoms with Gasteiger partial charge in [-0.15, -0.1) is 0 Å². The Kier molecular flexibility index (Phi) is 5.13. The number of hydrogen-bond acceptors (Lipinski definition) is 4. The second-order valence-electron chi connectivity index (χ2n) is 5.82. The third-order valence-corrected chi connectivity index (χ3v) is 3.69. The van der Waals surface area contributed by atoms with Crippen LogP contribution in [0.15, 0.2) is 42.7 Å². The molecular formula is C18H17F2N3O3. The summed E-state index contributed by atoms with van der Waals surface area (Å²) < 4.78 is 33.6. The zero-order chi connectivity index (χ0) is 18.7. The predicted molar refractivity (Wildman–Crippen MR) is 91.9 cm³/mol. The van der Waals surface area contributed by atoms with Gasteiger partial charge in [0, 0.05) is 24.7 Å². The number of anilines is 1. The van der Waals surface area contributed by atoms with Gasteiger partial charge in [-0.05, 0) is 24.3 Å². The summed E-state index contributed by atoms with van der Waals surface area (Å²) in [5.74, 6) is -1.57. The molecule has 0 saturated carbocycles. The van der Waals surface area contributed by atoms with Gasteiger partial charge >= 0.3 is 0 Å². The lowest BCUT2D eigenvalue weighted by atomic mass is 10.2. The zero-order valence-electron chi connectivity index (χ0n) is 13.9. The highest BCUT2D eigenvalue weighted by Gasteiger charge is 2.12. The summed E-state index contributed by atoms with van der Waals surface area (Å²) in [7, 11) is 0. The Bertz CT molecular complexity index is 925. The second-order valence-corrected chi connectivity index (χ2v) is 5.82. The van der Waals surface area contributed by atoms with Crippen LogP contribution in [0.25, 0.3) is 11.0 Å². The molecule has 1 atom stereocenters. The van der Waals surface area contributed by atoms with E-state index in [1.54, 1.807) is 24.3 Å². The van der Waals surface area contributed by atoms with Crippen LogP contribution in [-0.2, 0) is 11.3 Å². The average Bonchev–Trinajstić information content (AvgIpc) is 2.96. The number of hydrogen-bond donors (Lipinski definition) is 2. The smallest absolute Gasteiger partial charge is 0.221 e. The molecule has 1 heterocycles. The fourth-order valence-corrected chi connectivity index (χ4v) is 2.51. The molecule has 0 aliphatic rings. The number of amides is 1. The highest BCUT2D eigenvalue weighted by molar-refractivity contribution is 5.88. The summed E-state index contributed by atoms with van der Waals surface area (Å²) in [6.07, 6.45) is 0.533. The Morgan fingerprint density at radius 3 is 2.65 bits per heavy atom. The average molecular weight is 361 g/mol. The van der Waals surface area contributed by atoms with Crippen molar-refractivity contribution >= 4 is 22.6 Å². The summed E-state index contributed by atoms with van der Waals surface area (Å²) >= 11 is 0. The number of benzene rings is 2. The molecule has 1 aromatic heterocycles. The quantitative estimate of drug-likeness (QED) is 0.708. The van der Waals surface area contributed by atoms with Crippen LogP contribution < -0.4 is 10.1 Å². The van der Waals surface area contributed by atoms with Crippen molar-refractivity contribution in [1.29, 1.82) is 0 Å². The molecule has 0 aliphatic heterocycles. The van der Waals surface area contributed by atoms with E-state index in [2.05, 4.69) is 10.3 Å². The van der Waals surface area contributed by atoms with Gasteiger partial charge in [-0.2, -0.15) is 0 Å². The van der Waals surface area contributed by atoms with Crippen molar-refractivity contribution in [2.24, 2.45) is 0 Å². The second kappa shape index (κ2) is 7.49. The first-order valence-electron chi connectivity index (χ1n) is 7.91. The van der Waals surface area contributed by atoms with E-state index in [-0.39, 0.29) is 19.1 Å². The van der Waals surface area contributed by atoms with Crippen LogP contribution in [0.3, 0.4) is 0 Å². The minimum absolute atomic E-state index is 0.00281. The summed E-state index contributed by atoms with van der Waals surface area (Å²) in [5.41, 5.74) is 1.35. The molecule has 1 unspecified atom stereocenters. The van der Waals surface area contributed by atoms with Gasteiger partial charge in [0.25, 0.3) is 0 Å². The summed E-state index contributed by atoms with van der Waals surface area (Å²) in [4.78, 5) is 15.0. The van der Waals surface area contributed by atoms with Gasteiger partial charge in [-0.3, -0.25) is 4.79 Å². The number of aliphatic hydroxyl groups excluding tert-OH is 1. The number of nitrogens with zero attached hydrogens (tertiary/aromatic N) is 2. The molecule has 0 fully saturated rings. The third kappa shape index (κ3) is 4.15. The molecule has 8 heteroatoms. The normalized spacial score (nSPS) is 12.2. The van der Waals surface area contributed by atoms with E-state index in [0.717, 1.165) is 12.1 Å². The van der Waals surface area contributed by atoms with Crippen LogP contribution in [0.5, 0.6) is 5.75 Å². The van der Waals surface area contributed by atoms with Crippen LogP contribution in [-0.4, -0.2) is 33.3 Å². The van der Waals surface area contributed by atoms with Gasteiger partial charge in [-0.1, -0.05) is 0 Å². The molecule has 2 N–H and O–H groups in total. The Hall–Kier alpha value is -3.00. The van der Waals surface area contributed by atoms with Crippen molar-refractivity contribution in [3.05, 3.63) is 54.4 Å². The molecule has 0 radical (unpaired) electrons. The molecule has 2 aromatic carbocycles. The van der Waals surface area contributed by atoms with Crippen LogP contribution in [0, 0.1) is 11.6 Å². The maximum absolute atomic E-state index is 13.4. The Morgan fingerprint density at radius 1 is 1.27 bits per heavy atom. The number of carbonyl (C=O) groups is 1. The molecule has 3 aromatic rings. The monoisotopic (exact) mass is 361 g/mol. The van der Waals surface area contributed by atoms with Crippen molar-refractivity contribution in [3.8, 4) is 5.75 Å². The third-order valence-electron chi connectivity index (χ3n) is 3.69. The van der Waals surface area contributed by atoms with Crippen LogP contribution >= 0.6 is 0 Å². The topological polar surface area (TPSA) is 76.4 Å². The molecule has 0 aliphatic carbocycles. The van der Waals surface area contributed by atoms with Crippen molar-refractivity contribution in [1.82, 2.24) is 9.55 Å². The predicted octanol–water partition coefficient (Wildman–Crippen LogP) is 2.71. The number of halogens is 2. The highest BCUT2D eigenvalue weighted by atomic mass is 19.2. The maximum Gasteiger partial charge on any atom is 0.221 e. The molecular weight excluding hydrogens is 344 g/mol. The molecule has 26 heavy (non-hydrogen) atoms. The molecule has 3 rings (SSSR count). The zero-order valence-corrected chi connectivity index (χ0v) is 13.9. The van der Waals surface area contributed by atoms with Crippen molar-refractivity contribution in [2.45, 2.75) is 19.6 Å². The number of carbonyl (C=O) groups excluding carboxylic acids is 1. The van der Waals surface area contributed by atoms with Crippen molar-refractivity contribution in [2.75, 3.05) is 11.9 Å². The fourth-order valence-electron chi connectivity index (χ4n) is 2.51. The SMILES string of the molecule is CC(=O)Nc1ccc(OCC(O)Cn2cnc3cc(F)c(F)cc32)cc1. The van der Waals surface area contributed by atoms with E-state index in [1.165, 1.54) is 17.8 Å². The number of nitrogens with one attached hydrogen (secondary N) is 1. The van der Waals surface area contributed by atoms with E-state index in [0.29, 0.717) is 22.5 Å². The fraction of sp³-hybridized carbons (Fsp3) is 0.222. The maximum atomic E-state index is 13.4. The number of imidazole rings is 1. The number of aromatic nitrogens is 2. The summed E-state index contributed by atoms with van der Waals surface area (Å²) in [5, 5.41) is 12.8. The Labute approximate surface area is 148 Å². The number of aliphatic hydroxyl groups is 1. The van der Waals surface area contributed by atoms with Gasteiger partial charge in [0.05, 0.1) is 23.9 Å². The Morgan fingerprint density at radius 2 is 1.96 bits per heavy atom. The van der Waals surface area contributed by atoms with E-state index >= 15 is 0 Å². The number of fused-ring (bicyclic) bond motifs is 1. The molecule has 136 valence electrons. The minimum atomic E-state index is -0.968. The molecule has 6 nitrogen and oxygen atoms in total. The van der Waals surface area contributed by atoms with Gasteiger partial charge in [0.15, 0.2) is 11.6 Å². The molecule has 0 saturated heterocycles. The minimum Gasteiger partial charge on any atom is -0.491 e. The first-order chi connectivity index (χ1) is 12.4. The van der Waals surface area contributed by atoms with E-state index in [9.17, 15) is 18.7 Å². The first-order valence-corrected chi connectivity index (χ1v) is 7.91. The van der Waals surface area contributed by atoms with Crippen molar-refractivity contribution < 1.29 is 23.4 Å². The van der Waals surface area contributed by atoms with E-state index < -0.39 is 17.7 Å². The molecule has 0 bridgehead atoms. The lowest BCUT2D eigenvalue weighted by Crippen LogP contribution is -2.23. The van der Waals surface area contributed by atoms with E-state index in [1.807, 2.05) is 0 Å². The van der Waals surface area contributed by atoms with Crippen molar-refractivity contribution in [3.63, 3.8) is 0 Å². The standard InChI is InChI=1S/C18H17F2N3O3/c1-11(24)22-12-2-4-14(5-3-12)26-9-13(25)8-23-10-21-17-6-15(19)16(20)7-18(17)23/h2-7,10,13,25H,8-9H2,1H3,(H,22,24). The number of rotatable bonds is 6. The molecule has 0 spiro atoms. The summed E-state index contributed by atoms with van der Waals surface area (Å²) in [6, 6.07) is 8.77. The van der Waals surface area contributed by atoms with Crippen LogP contribution in [0.1, 0.15) is 6.92 Å². The largest absolute Gasteiger partial charge is 0.491 e. The van der Waals surface area contributed by atoms with Crippen LogP contribution in [0.2, 0.25) is 0 Å².